The summed E-state index contributed by atoms with van der Waals surface area (Å²) >= 11 is 3.41. The van der Waals surface area contributed by atoms with Crippen molar-refractivity contribution in [3.63, 3.8) is 0 Å². The van der Waals surface area contributed by atoms with Crippen LogP contribution in [0.5, 0.6) is 0 Å². The van der Waals surface area contributed by atoms with E-state index in [4.69, 9.17) is 4.52 Å². The highest BCUT2D eigenvalue weighted by molar-refractivity contribution is 9.10. The molecule has 0 radical (unpaired) electrons. The second kappa shape index (κ2) is 5.77. The zero-order chi connectivity index (χ0) is 15.6. The maximum atomic E-state index is 5.42. The van der Waals surface area contributed by atoms with Crippen LogP contribution in [-0.4, -0.2) is 25.4 Å². The molecule has 23 heavy (non-hydrogen) atoms. The van der Waals surface area contributed by atoms with Gasteiger partial charge < -0.3 is 4.52 Å². The Morgan fingerprint density at radius 2 is 1.70 bits per heavy atom. The van der Waals surface area contributed by atoms with E-state index in [1.165, 1.54) is 0 Å². The number of halogens is 1. The molecule has 0 amide bonds. The van der Waals surface area contributed by atoms with Crippen LogP contribution >= 0.6 is 15.9 Å². The minimum Gasteiger partial charge on any atom is -0.354 e. The fourth-order valence-electron chi connectivity index (χ4n) is 2.22. The number of rotatable bonds is 3. The topological polar surface area (TPSA) is 69.6 Å². The Kier molecular flexibility index (Phi) is 3.47. The first kappa shape index (κ1) is 13.8. The summed E-state index contributed by atoms with van der Waals surface area (Å²) < 4.78 is 7.99. The third-order valence-electron chi connectivity index (χ3n) is 3.34. The number of nitrogens with zero attached hydrogens (tertiary/aromatic N) is 5. The fraction of sp³-hybridized carbons (Fsp3) is 0. The van der Waals surface area contributed by atoms with E-state index in [1.807, 2.05) is 60.7 Å². The van der Waals surface area contributed by atoms with Gasteiger partial charge in [0.05, 0.1) is 0 Å². The van der Waals surface area contributed by atoms with Crippen molar-refractivity contribution < 1.29 is 4.52 Å². The molecule has 6 nitrogen and oxygen atoms in total. The molecule has 0 spiro atoms. The second-order valence-electron chi connectivity index (χ2n) is 4.84. The Balaban J connectivity index is 1.73. The van der Waals surface area contributed by atoms with Gasteiger partial charge in [-0.15, -0.1) is 5.10 Å². The monoisotopic (exact) mass is 367 g/mol. The number of aromatic nitrogens is 5. The molecular formula is C16H10BrN5O. The molecule has 0 N–H and O–H groups in total. The van der Waals surface area contributed by atoms with Gasteiger partial charge in [0.2, 0.25) is 5.82 Å². The Morgan fingerprint density at radius 3 is 2.48 bits per heavy atom. The summed E-state index contributed by atoms with van der Waals surface area (Å²) in [5.41, 5.74) is 1.84. The highest BCUT2D eigenvalue weighted by Gasteiger charge is 2.15. The van der Waals surface area contributed by atoms with Crippen LogP contribution in [0.25, 0.3) is 28.5 Å². The van der Waals surface area contributed by atoms with Gasteiger partial charge in [0.15, 0.2) is 11.6 Å². The van der Waals surface area contributed by atoms with Crippen LogP contribution in [0.15, 0.2) is 69.7 Å². The van der Waals surface area contributed by atoms with Gasteiger partial charge in [0, 0.05) is 21.7 Å². The molecule has 0 aliphatic carbocycles. The molecule has 0 aliphatic rings. The van der Waals surface area contributed by atoms with Gasteiger partial charge in [0.25, 0.3) is 0 Å². The van der Waals surface area contributed by atoms with Crippen molar-refractivity contribution >= 4 is 15.9 Å². The van der Waals surface area contributed by atoms with E-state index in [2.05, 4.69) is 36.6 Å². The second-order valence-corrected chi connectivity index (χ2v) is 5.75. The molecule has 2 heterocycles. The smallest absolute Gasteiger partial charge is 0.201 e. The van der Waals surface area contributed by atoms with E-state index >= 15 is 0 Å². The quantitative estimate of drug-likeness (QED) is 0.551. The Hall–Kier alpha value is -2.80. The van der Waals surface area contributed by atoms with E-state index in [0.717, 1.165) is 15.6 Å². The van der Waals surface area contributed by atoms with Crippen LogP contribution in [0.1, 0.15) is 0 Å². The maximum Gasteiger partial charge on any atom is 0.201 e. The van der Waals surface area contributed by atoms with Gasteiger partial charge in [-0.25, -0.2) is 0 Å². The van der Waals surface area contributed by atoms with Crippen molar-refractivity contribution in [2.75, 3.05) is 0 Å². The summed E-state index contributed by atoms with van der Waals surface area (Å²) in [4.78, 5) is 0. The van der Waals surface area contributed by atoms with Crippen molar-refractivity contribution in [2.24, 2.45) is 0 Å². The summed E-state index contributed by atoms with van der Waals surface area (Å²) in [6.07, 6.45) is 0. The molecule has 0 unspecified atom stereocenters. The van der Waals surface area contributed by atoms with Crippen LogP contribution in [-0.2, 0) is 0 Å². The Morgan fingerprint density at radius 1 is 0.913 bits per heavy atom. The first-order chi connectivity index (χ1) is 11.3. The third-order valence-corrected chi connectivity index (χ3v) is 3.87. The molecule has 0 fully saturated rings. The number of benzene rings is 2. The lowest BCUT2D eigenvalue weighted by molar-refractivity contribution is 0.426. The van der Waals surface area contributed by atoms with Gasteiger partial charge in [-0.1, -0.05) is 63.6 Å². The zero-order valence-electron chi connectivity index (χ0n) is 11.8. The molecule has 0 atom stereocenters. The molecule has 0 aliphatic heterocycles. The lowest BCUT2D eigenvalue weighted by atomic mass is 10.2. The molecule has 4 rings (SSSR count). The largest absolute Gasteiger partial charge is 0.354 e. The minimum atomic E-state index is 0.534. The summed E-state index contributed by atoms with van der Waals surface area (Å²) in [6.45, 7) is 0. The van der Waals surface area contributed by atoms with Crippen LogP contribution in [0.2, 0.25) is 0 Å². The Bertz CT molecular complexity index is 931. The number of hydrogen-bond acceptors (Lipinski definition) is 5. The minimum absolute atomic E-state index is 0.534. The van der Waals surface area contributed by atoms with Crippen molar-refractivity contribution in [1.29, 1.82) is 0 Å². The van der Waals surface area contributed by atoms with Crippen molar-refractivity contribution in [1.82, 2.24) is 25.4 Å². The third kappa shape index (κ3) is 2.66. The highest BCUT2D eigenvalue weighted by atomic mass is 79.9. The van der Waals surface area contributed by atoms with Crippen molar-refractivity contribution in [3.05, 3.63) is 65.1 Å². The standard InChI is InChI=1S/C16H10BrN5O/c17-13-8-6-11(7-9-13)14-10-15(19-23-14)22-16(18-20-21-22)12-4-2-1-3-5-12/h1-10H. The molecule has 7 heteroatoms. The summed E-state index contributed by atoms with van der Waals surface area (Å²) in [7, 11) is 0. The van der Waals surface area contributed by atoms with Crippen molar-refractivity contribution in [2.45, 2.75) is 0 Å². The fourth-order valence-corrected chi connectivity index (χ4v) is 2.49. The van der Waals surface area contributed by atoms with Crippen LogP contribution in [0.3, 0.4) is 0 Å². The van der Waals surface area contributed by atoms with E-state index in [-0.39, 0.29) is 0 Å². The van der Waals surface area contributed by atoms with Crippen LogP contribution < -0.4 is 0 Å². The lowest BCUT2D eigenvalue weighted by Crippen LogP contribution is -1.99. The number of tetrazole rings is 1. The van der Waals surface area contributed by atoms with Gasteiger partial charge in [-0.2, -0.15) is 4.68 Å². The lowest BCUT2D eigenvalue weighted by Gasteiger charge is -1.99. The summed E-state index contributed by atoms with van der Waals surface area (Å²) in [5, 5.41) is 15.9. The van der Waals surface area contributed by atoms with E-state index in [1.54, 1.807) is 4.68 Å². The number of hydrogen-bond donors (Lipinski definition) is 0. The highest BCUT2D eigenvalue weighted by Crippen LogP contribution is 2.25. The average Bonchev–Trinajstić information content (AvgIpc) is 3.25. The molecule has 2 aromatic carbocycles. The predicted octanol–water partition coefficient (Wildman–Crippen LogP) is 3.75. The molecule has 0 saturated carbocycles. The maximum absolute atomic E-state index is 5.42. The van der Waals surface area contributed by atoms with Gasteiger partial charge >= 0.3 is 0 Å². The molecule has 0 bridgehead atoms. The average molecular weight is 368 g/mol. The SMILES string of the molecule is Brc1ccc(-c2cc(-n3nnnc3-c3ccccc3)no2)cc1. The van der Waals surface area contributed by atoms with Crippen LogP contribution in [0.4, 0.5) is 0 Å². The molecular weight excluding hydrogens is 358 g/mol. The predicted molar refractivity (Wildman–Crippen MR) is 87.8 cm³/mol. The van der Waals surface area contributed by atoms with E-state index in [9.17, 15) is 0 Å². The molecule has 112 valence electrons. The first-order valence-corrected chi connectivity index (χ1v) is 7.67. The normalized spacial score (nSPS) is 10.8. The first-order valence-electron chi connectivity index (χ1n) is 6.88. The summed E-state index contributed by atoms with van der Waals surface area (Å²) in [6, 6.07) is 19.3. The van der Waals surface area contributed by atoms with Gasteiger partial charge in [-0.05, 0) is 22.6 Å². The Labute approximate surface area is 139 Å². The molecule has 0 saturated heterocycles. The summed E-state index contributed by atoms with van der Waals surface area (Å²) in [5.74, 6) is 1.80. The molecule has 4 aromatic rings. The molecule has 2 aromatic heterocycles. The van der Waals surface area contributed by atoms with Crippen LogP contribution in [0, 0.1) is 0 Å². The van der Waals surface area contributed by atoms with Gasteiger partial charge in [-0.3, -0.25) is 0 Å². The van der Waals surface area contributed by atoms with Gasteiger partial charge in [0.1, 0.15) is 0 Å². The van der Waals surface area contributed by atoms with E-state index < -0.39 is 0 Å². The zero-order valence-corrected chi connectivity index (χ0v) is 13.4. The van der Waals surface area contributed by atoms with Crippen molar-refractivity contribution in [3.8, 4) is 28.5 Å². The van der Waals surface area contributed by atoms with E-state index in [0.29, 0.717) is 17.4 Å².